The molecule has 0 N–H and O–H groups in total. The highest BCUT2D eigenvalue weighted by atomic mass is 79.9. The highest BCUT2D eigenvalue weighted by molar-refractivity contribution is 9.11. The number of esters is 3. The molecule has 7 nitrogen and oxygen atoms in total. The first-order valence-corrected chi connectivity index (χ1v) is 10.1. The van der Waals surface area contributed by atoms with Gasteiger partial charge in [-0.3, -0.25) is 4.79 Å². The van der Waals surface area contributed by atoms with Crippen molar-refractivity contribution in [3.8, 4) is 0 Å². The topological polar surface area (TPSA) is 82.1 Å². The Morgan fingerprint density at radius 2 is 1.62 bits per heavy atom. The minimum atomic E-state index is -0.712. The van der Waals surface area contributed by atoms with Crippen molar-refractivity contribution in [1.29, 1.82) is 0 Å². The SMILES string of the molecule is CCOC(=O)Cc1cc(Br)c(N2C=CC=CC(C(=O)OC)=C2C(=O)OC)c(Br)c1. The fourth-order valence-electron chi connectivity index (χ4n) is 2.67. The molecule has 1 heterocycles. The van der Waals surface area contributed by atoms with E-state index in [1.165, 1.54) is 25.2 Å². The van der Waals surface area contributed by atoms with Gasteiger partial charge in [-0.15, -0.1) is 0 Å². The van der Waals surface area contributed by atoms with Gasteiger partial charge >= 0.3 is 17.9 Å². The molecule has 0 aromatic heterocycles. The molecule has 0 saturated heterocycles. The van der Waals surface area contributed by atoms with E-state index in [-0.39, 0.29) is 23.7 Å². The third-order valence-electron chi connectivity index (χ3n) is 3.86. The summed E-state index contributed by atoms with van der Waals surface area (Å²) >= 11 is 6.98. The molecule has 29 heavy (non-hydrogen) atoms. The van der Waals surface area contributed by atoms with Gasteiger partial charge in [0.2, 0.25) is 0 Å². The van der Waals surface area contributed by atoms with E-state index in [9.17, 15) is 14.4 Å². The minimum Gasteiger partial charge on any atom is -0.466 e. The monoisotopic (exact) mass is 527 g/mol. The van der Waals surface area contributed by atoms with Crippen LogP contribution >= 0.6 is 31.9 Å². The van der Waals surface area contributed by atoms with Crippen molar-refractivity contribution in [1.82, 2.24) is 0 Å². The smallest absolute Gasteiger partial charge is 0.355 e. The van der Waals surface area contributed by atoms with Crippen LogP contribution in [0.3, 0.4) is 0 Å². The Morgan fingerprint density at radius 3 is 2.17 bits per heavy atom. The summed E-state index contributed by atoms with van der Waals surface area (Å²) in [6, 6.07) is 3.49. The molecule has 0 fully saturated rings. The lowest BCUT2D eigenvalue weighted by atomic mass is 10.1. The van der Waals surface area contributed by atoms with Crippen LogP contribution in [-0.2, 0) is 35.0 Å². The van der Waals surface area contributed by atoms with Gasteiger partial charge in [0, 0.05) is 15.1 Å². The predicted molar refractivity (Wildman–Crippen MR) is 114 cm³/mol. The molecule has 0 aliphatic carbocycles. The molecular weight excluding hydrogens is 510 g/mol. The van der Waals surface area contributed by atoms with E-state index in [0.717, 1.165) is 0 Å². The number of allylic oxidation sites excluding steroid dienone is 2. The van der Waals surface area contributed by atoms with Crippen LogP contribution in [0.4, 0.5) is 5.69 Å². The molecule has 2 rings (SSSR count). The van der Waals surface area contributed by atoms with Crippen molar-refractivity contribution in [2.45, 2.75) is 13.3 Å². The molecule has 0 unspecified atom stereocenters. The molecule has 1 aromatic rings. The number of nitrogens with zero attached hydrogens (tertiary/aromatic N) is 1. The van der Waals surface area contributed by atoms with E-state index < -0.39 is 11.9 Å². The summed E-state index contributed by atoms with van der Waals surface area (Å²) < 4.78 is 15.9. The summed E-state index contributed by atoms with van der Waals surface area (Å²) in [4.78, 5) is 38.1. The van der Waals surface area contributed by atoms with Crippen LogP contribution in [0, 0.1) is 0 Å². The molecule has 154 valence electrons. The first kappa shape index (κ1) is 22.9. The van der Waals surface area contributed by atoms with Crippen LogP contribution in [0.1, 0.15) is 12.5 Å². The van der Waals surface area contributed by atoms with Gasteiger partial charge in [0.15, 0.2) is 0 Å². The van der Waals surface area contributed by atoms with Crippen molar-refractivity contribution < 1.29 is 28.6 Å². The molecule has 1 aliphatic rings. The largest absolute Gasteiger partial charge is 0.466 e. The van der Waals surface area contributed by atoms with E-state index in [1.807, 2.05) is 0 Å². The summed E-state index contributed by atoms with van der Waals surface area (Å²) in [5.41, 5.74) is 1.28. The van der Waals surface area contributed by atoms with Gasteiger partial charge in [-0.2, -0.15) is 0 Å². The fourth-order valence-corrected chi connectivity index (χ4v) is 4.33. The number of benzene rings is 1. The van der Waals surface area contributed by atoms with Crippen LogP contribution in [0.15, 0.2) is 56.8 Å². The Hall–Kier alpha value is -2.39. The van der Waals surface area contributed by atoms with E-state index in [4.69, 9.17) is 14.2 Å². The lowest BCUT2D eigenvalue weighted by Crippen LogP contribution is -2.27. The third-order valence-corrected chi connectivity index (χ3v) is 5.07. The van der Waals surface area contributed by atoms with E-state index in [0.29, 0.717) is 26.8 Å². The number of rotatable bonds is 6. The number of methoxy groups -OCH3 is 2. The highest BCUT2D eigenvalue weighted by Gasteiger charge is 2.29. The van der Waals surface area contributed by atoms with E-state index in [2.05, 4.69) is 31.9 Å². The number of carbonyl (C=O) groups excluding carboxylic acids is 3. The Morgan fingerprint density at radius 1 is 1.00 bits per heavy atom. The van der Waals surface area contributed by atoms with Gasteiger partial charge in [0.25, 0.3) is 0 Å². The Bertz CT molecular complexity index is 897. The molecule has 1 aliphatic heterocycles. The van der Waals surface area contributed by atoms with Crippen molar-refractivity contribution in [2.24, 2.45) is 0 Å². The molecule has 0 amide bonds. The second kappa shape index (κ2) is 10.4. The van der Waals surface area contributed by atoms with Crippen LogP contribution in [0.5, 0.6) is 0 Å². The maximum Gasteiger partial charge on any atom is 0.355 e. The highest BCUT2D eigenvalue weighted by Crippen LogP contribution is 2.39. The van der Waals surface area contributed by atoms with Crippen LogP contribution in [-0.4, -0.2) is 38.7 Å². The summed E-state index contributed by atoms with van der Waals surface area (Å²) in [7, 11) is 2.46. The standard InChI is InChI=1S/C20H19Br2NO6/c1-4-29-16(24)11-12-9-14(21)18(15(22)10-12)23-8-6-5-7-13(19(25)27-2)17(23)20(26)28-3/h5-10H,4,11H2,1-3H3. The number of hydrogen-bond donors (Lipinski definition) is 0. The summed E-state index contributed by atoms with van der Waals surface area (Å²) in [5, 5.41) is 0. The maximum absolute atomic E-state index is 12.6. The zero-order valence-electron chi connectivity index (χ0n) is 16.0. The number of carbonyl (C=O) groups is 3. The maximum atomic E-state index is 12.6. The lowest BCUT2D eigenvalue weighted by Gasteiger charge is -2.25. The summed E-state index contributed by atoms with van der Waals surface area (Å²) in [6.45, 7) is 2.04. The molecule has 0 spiro atoms. The Kier molecular flexibility index (Phi) is 8.21. The molecule has 0 saturated carbocycles. The zero-order chi connectivity index (χ0) is 21.6. The molecule has 0 bridgehead atoms. The number of hydrogen-bond acceptors (Lipinski definition) is 7. The van der Waals surface area contributed by atoms with Crippen molar-refractivity contribution in [3.63, 3.8) is 0 Å². The average molecular weight is 529 g/mol. The zero-order valence-corrected chi connectivity index (χ0v) is 19.2. The van der Waals surface area contributed by atoms with Crippen LogP contribution in [0.2, 0.25) is 0 Å². The van der Waals surface area contributed by atoms with Gasteiger partial charge in [0.05, 0.1) is 38.5 Å². The van der Waals surface area contributed by atoms with E-state index >= 15 is 0 Å². The average Bonchev–Trinajstić information content (AvgIpc) is 2.89. The van der Waals surface area contributed by atoms with E-state index in [1.54, 1.807) is 37.4 Å². The predicted octanol–water partition coefficient (Wildman–Crippen LogP) is 3.81. The molecule has 9 heteroatoms. The van der Waals surface area contributed by atoms with Gasteiger partial charge in [-0.25, -0.2) is 9.59 Å². The van der Waals surface area contributed by atoms with Crippen LogP contribution in [0.25, 0.3) is 0 Å². The van der Waals surface area contributed by atoms with Crippen molar-refractivity contribution in [2.75, 3.05) is 25.7 Å². The Balaban J connectivity index is 2.59. The number of anilines is 1. The molecule has 0 radical (unpaired) electrons. The second-order valence-electron chi connectivity index (χ2n) is 5.71. The molecule has 0 atom stereocenters. The van der Waals surface area contributed by atoms with Gasteiger partial charge < -0.3 is 19.1 Å². The number of ether oxygens (including phenoxy) is 3. The number of halogens is 2. The van der Waals surface area contributed by atoms with Gasteiger partial charge in [0.1, 0.15) is 5.70 Å². The van der Waals surface area contributed by atoms with Gasteiger partial charge in [-0.05, 0) is 68.6 Å². The normalized spacial score (nSPS) is 13.2. The van der Waals surface area contributed by atoms with Crippen molar-refractivity contribution >= 4 is 55.5 Å². The third kappa shape index (κ3) is 5.36. The summed E-state index contributed by atoms with van der Waals surface area (Å²) in [6.07, 6.45) is 6.48. The first-order valence-electron chi connectivity index (χ1n) is 8.52. The first-order chi connectivity index (χ1) is 13.8. The molecular formula is C20H19Br2NO6. The van der Waals surface area contributed by atoms with Crippen LogP contribution < -0.4 is 4.90 Å². The fraction of sp³-hybridized carbons (Fsp3) is 0.250. The van der Waals surface area contributed by atoms with Crippen molar-refractivity contribution in [3.05, 3.63) is 62.3 Å². The summed E-state index contributed by atoms with van der Waals surface area (Å²) in [5.74, 6) is -1.74. The van der Waals surface area contributed by atoms with Gasteiger partial charge in [-0.1, -0.05) is 6.08 Å². The minimum absolute atomic E-state index is 0.0103. The molecule has 1 aromatic carbocycles. The quantitative estimate of drug-likeness (QED) is 0.410. The second-order valence-corrected chi connectivity index (χ2v) is 7.41. The Labute approximate surface area is 185 Å². The lowest BCUT2D eigenvalue weighted by molar-refractivity contribution is -0.142.